The standard InChI is InChI=1S/C9H11N3O2/c1-3-4-5-12-6-11-7(8(12)10)9(13)14-2/h6H,5,10H2,1-2H3. The number of ether oxygens (including phenoxy) is 1. The Morgan fingerprint density at radius 3 is 3.07 bits per heavy atom. The van der Waals surface area contributed by atoms with E-state index in [0.29, 0.717) is 6.54 Å². The molecule has 0 saturated heterocycles. The summed E-state index contributed by atoms with van der Waals surface area (Å²) in [5.41, 5.74) is 5.78. The first kappa shape index (κ1) is 10.1. The first-order valence-electron chi connectivity index (χ1n) is 3.99. The van der Waals surface area contributed by atoms with Gasteiger partial charge < -0.3 is 15.0 Å². The number of nitrogens with zero attached hydrogens (tertiary/aromatic N) is 2. The maximum absolute atomic E-state index is 11.1. The van der Waals surface area contributed by atoms with Crippen LogP contribution in [0.3, 0.4) is 0 Å². The van der Waals surface area contributed by atoms with Crippen molar-refractivity contribution in [2.45, 2.75) is 13.5 Å². The van der Waals surface area contributed by atoms with Crippen molar-refractivity contribution >= 4 is 11.8 Å². The number of hydrogen-bond acceptors (Lipinski definition) is 4. The number of aromatic nitrogens is 2. The first-order valence-corrected chi connectivity index (χ1v) is 3.99. The van der Waals surface area contributed by atoms with Gasteiger partial charge in [0.05, 0.1) is 20.0 Å². The number of anilines is 1. The van der Waals surface area contributed by atoms with E-state index in [1.165, 1.54) is 13.4 Å². The number of nitrogens with two attached hydrogens (primary N) is 1. The zero-order valence-corrected chi connectivity index (χ0v) is 8.07. The van der Waals surface area contributed by atoms with Gasteiger partial charge in [-0.15, -0.1) is 5.92 Å². The quantitative estimate of drug-likeness (QED) is 0.540. The summed E-state index contributed by atoms with van der Waals surface area (Å²) in [5, 5.41) is 0. The molecule has 0 aromatic carbocycles. The number of methoxy groups -OCH3 is 1. The van der Waals surface area contributed by atoms with Gasteiger partial charge in [-0.05, 0) is 6.92 Å². The molecule has 1 aromatic rings. The number of hydrogen-bond donors (Lipinski definition) is 1. The van der Waals surface area contributed by atoms with Crippen molar-refractivity contribution in [2.75, 3.05) is 12.8 Å². The van der Waals surface area contributed by atoms with Crippen LogP contribution in [0.1, 0.15) is 17.4 Å². The van der Waals surface area contributed by atoms with Crippen molar-refractivity contribution in [2.24, 2.45) is 0 Å². The van der Waals surface area contributed by atoms with E-state index in [-0.39, 0.29) is 11.5 Å². The molecule has 0 amide bonds. The number of esters is 1. The Labute approximate surface area is 81.9 Å². The van der Waals surface area contributed by atoms with Gasteiger partial charge in [0, 0.05) is 0 Å². The Bertz CT molecular complexity index is 398. The van der Waals surface area contributed by atoms with Crippen LogP contribution in [0.25, 0.3) is 0 Å². The Hall–Kier alpha value is -1.96. The van der Waals surface area contributed by atoms with E-state index in [1.54, 1.807) is 11.5 Å². The molecular weight excluding hydrogens is 182 g/mol. The second-order valence-electron chi connectivity index (χ2n) is 2.52. The van der Waals surface area contributed by atoms with E-state index in [1.807, 2.05) is 0 Å². The van der Waals surface area contributed by atoms with Crippen molar-refractivity contribution in [1.82, 2.24) is 9.55 Å². The monoisotopic (exact) mass is 193 g/mol. The Balaban J connectivity index is 2.94. The fourth-order valence-corrected chi connectivity index (χ4v) is 0.936. The number of imidazole rings is 1. The van der Waals surface area contributed by atoms with Gasteiger partial charge in [-0.1, -0.05) is 5.92 Å². The van der Waals surface area contributed by atoms with Crippen molar-refractivity contribution in [1.29, 1.82) is 0 Å². The zero-order valence-electron chi connectivity index (χ0n) is 8.07. The van der Waals surface area contributed by atoms with Gasteiger partial charge in [-0.25, -0.2) is 9.78 Å². The normalized spacial score (nSPS) is 9.00. The van der Waals surface area contributed by atoms with Crippen LogP contribution in [0.5, 0.6) is 0 Å². The molecule has 0 saturated carbocycles. The van der Waals surface area contributed by atoms with E-state index in [4.69, 9.17) is 5.73 Å². The highest BCUT2D eigenvalue weighted by Crippen LogP contribution is 2.10. The average molecular weight is 193 g/mol. The molecule has 0 spiro atoms. The van der Waals surface area contributed by atoms with Crippen LogP contribution in [0.2, 0.25) is 0 Å². The molecule has 0 bridgehead atoms. The van der Waals surface area contributed by atoms with E-state index in [9.17, 15) is 4.79 Å². The number of carbonyl (C=O) groups is 1. The van der Waals surface area contributed by atoms with E-state index < -0.39 is 5.97 Å². The lowest BCUT2D eigenvalue weighted by molar-refractivity contribution is 0.0596. The predicted octanol–water partition coefficient (Wildman–Crippen LogP) is 0.275. The summed E-state index contributed by atoms with van der Waals surface area (Å²) >= 11 is 0. The second-order valence-corrected chi connectivity index (χ2v) is 2.52. The number of rotatable bonds is 2. The molecule has 1 aromatic heterocycles. The lowest BCUT2D eigenvalue weighted by Gasteiger charge is -1.99. The summed E-state index contributed by atoms with van der Waals surface area (Å²) in [4.78, 5) is 14.9. The van der Waals surface area contributed by atoms with Crippen LogP contribution in [-0.4, -0.2) is 22.6 Å². The van der Waals surface area contributed by atoms with Crippen molar-refractivity contribution < 1.29 is 9.53 Å². The molecule has 5 heteroatoms. The van der Waals surface area contributed by atoms with Gasteiger partial charge in [-0.3, -0.25) is 0 Å². The predicted molar refractivity (Wildman–Crippen MR) is 51.4 cm³/mol. The SMILES string of the molecule is CC#CCn1cnc(C(=O)OC)c1N. The molecule has 0 unspecified atom stereocenters. The van der Waals surface area contributed by atoms with Crippen LogP contribution in [0.15, 0.2) is 6.33 Å². The molecule has 0 aliphatic heterocycles. The third-order valence-electron chi connectivity index (χ3n) is 1.68. The highest BCUT2D eigenvalue weighted by Gasteiger charge is 2.15. The molecule has 2 N–H and O–H groups in total. The minimum atomic E-state index is -0.536. The van der Waals surface area contributed by atoms with Crippen LogP contribution in [0, 0.1) is 11.8 Å². The molecule has 0 atom stereocenters. The van der Waals surface area contributed by atoms with Crippen LogP contribution in [-0.2, 0) is 11.3 Å². The maximum atomic E-state index is 11.1. The Morgan fingerprint density at radius 2 is 2.50 bits per heavy atom. The van der Waals surface area contributed by atoms with Crippen LogP contribution >= 0.6 is 0 Å². The molecule has 1 heterocycles. The summed E-state index contributed by atoms with van der Waals surface area (Å²) in [6.45, 7) is 2.15. The molecule has 14 heavy (non-hydrogen) atoms. The third kappa shape index (κ3) is 1.85. The van der Waals surface area contributed by atoms with Gasteiger partial charge >= 0.3 is 5.97 Å². The Morgan fingerprint density at radius 1 is 1.79 bits per heavy atom. The zero-order chi connectivity index (χ0) is 10.6. The fraction of sp³-hybridized carbons (Fsp3) is 0.333. The number of carbonyl (C=O) groups excluding carboxylic acids is 1. The lowest BCUT2D eigenvalue weighted by Crippen LogP contribution is -2.08. The fourth-order valence-electron chi connectivity index (χ4n) is 0.936. The van der Waals surface area contributed by atoms with Gasteiger partial charge in [0.25, 0.3) is 0 Å². The van der Waals surface area contributed by atoms with Crippen molar-refractivity contribution in [3.05, 3.63) is 12.0 Å². The molecule has 0 aliphatic rings. The molecule has 0 aliphatic carbocycles. The molecule has 0 fully saturated rings. The molecule has 5 nitrogen and oxygen atoms in total. The Kier molecular flexibility index (Phi) is 3.13. The van der Waals surface area contributed by atoms with Crippen molar-refractivity contribution in [3.63, 3.8) is 0 Å². The number of nitrogen functional groups attached to an aromatic ring is 1. The average Bonchev–Trinajstić information content (AvgIpc) is 2.56. The largest absolute Gasteiger partial charge is 0.464 e. The summed E-state index contributed by atoms with van der Waals surface area (Å²) in [7, 11) is 1.28. The lowest BCUT2D eigenvalue weighted by atomic mass is 10.4. The van der Waals surface area contributed by atoms with Crippen LogP contribution in [0.4, 0.5) is 5.82 Å². The minimum absolute atomic E-state index is 0.130. The summed E-state index contributed by atoms with van der Waals surface area (Å²) < 4.78 is 6.09. The van der Waals surface area contributed by atoms with Gasteiger partial charge in [0.1, 0.15) is 5.82 Å². The highest BCUT2D eigenvalue weighted by atomic mass is 16.5. The first-order chi connectivity index (χ1) is 6.70. The maximum Gasteiger partial charge on any atom is 0.360 e. The molecule has 74 valence electrons. The topological polar surface area (TPSA) is 70.1 Å². The van der Waals surface area contributed by atoms with Gasteiger partial charge in [-0.2, -0.15) is 0 Å². The van der Waals surface area contributed by atoms with Gasteiger partial charge in [0.2, 0.25) is 0 Å². The van der Waals surface area contributed by atoms with Crippen molar-refractivity contribution in [3.8, 4) is 11.8 Å². The summed E-state index contributed by atoms with van der Waals surface area (Å²) in [5.74, 6) is 5.28. The highest BCUT2D eigenvalue weighted by molar-refractivity contribution is 5.92. The van der Waals surface area contributed by atoms with Crippen LogP contribution < -0.4 is 5.73 Å². The molecule has 1 rings (SSSR count). The smallest absolute Gasteiger partial charge is 0.360 e. The van der Waals surface area contributed by atoms with Gasteiger partial charge in [0.15, 0.2) is 5.69 Å². The molecule has 0 radical (unpaired) electrons. The minimum Gasteiger partial charge on any atom is -0.464 e. The molecular formula is C9H11N3O2. The summed E-state index contributed by atoms with van der Waals surface area (Å²) in [6.07, 6.45) is 1.46. The van der Waals surface area contributed by atoms with E-state index >= 15 is 0 Å². The third-order valence-corrected chi connectivity index (χ3v) is 1.68. The van der Waals surface area contributed by atoms with E-state index in [0.717, 1.165) is 0 Å². The second kappa shape index (κ2) is 4.33. The van der Waals surface area contributed by atoms with E-state index in [2.05, 4.69) is 21.6 Å². The summed E-state index contributed by atoms with van der Waals surface area (Å²) in [6, 6.07) is 0.